The second-order valence-corrected chi connectivity index (χ2v) is 4.96. The standard InChI is InChI=1S/C14H12N2O2/c17-12-6-5-11-14(18)13-9(7-16(11)12)8-3-1-2-4-10(8)15-13/h1-4,11,15H,5-7H2/t11-/m0/s1. The van der Waals surface area contributed by atoms with E-state index in [1.165, 1.54) is 0 Å². The van der Waals surface area contributed by atoms with Gasteiger partial charge in [0.15, 0.2) is 0 Å². The molecule has 1 aromatic heterocycles. The number of hydrogen-bond donors (Lipinski definition) is 1. The van der Waals surface area contributed by atoms with Crippen LogP contribution >= 0.6 is 0 Å². The Morgan fingerprint density at radius 1 is 1.22 bits per heavy atom. The molecule has 0 spiro atoms. The summed E-state index contributed by atoms with van der Waals surface area (Å²) < 4.78 is 0. The molecule has 4 nitrogen and oxygen atoms in total. The number of fused-ring (bicyclic) bond motifs is 4. The van der Waals surface area contributed by atoms with Gasteiger partial charge in [-0.3, -0.25) is 9.59 Å². The summed E-state index contributed by atoms with van der Waals surface area (Å²) in [6, 6.07) is 7.63. The highest BCUT2D eigenvalue weighted by Gasteiger charge is 2.42. The Bertz CT molecular complexity index is 686. The number of nitrogens with one attached hydrogen (secondary N) is 1. The average molecular weight is 240 g/mol. The fourth-order valence-electron chi connectivity index (χ4n) is 3.12. The highest BCUT2D eigenvalue weighted by Crippen LogP contribution is 2.34. The van der Waals surface area contributed by atoms with Crippen LogP contribution in [0.5, 0.6) is 0 Å². The molecule has 1 saturated heterocycles. The van der Waals surface area contributed by atoms with Crippen LogP contribution in [-0.2, 0) is 11.3 Å². The van der Waals surface area contributed by atoms with Gasteiger partial charge in [-0.15, -0.1) is 0 Å². The van der Waals surface area contributed by atoms with Crippen molar-refractivity contribution in [2.45, 2.75) is 25.4 Å². The smallest absolute Gasteiger partial charge is 0.223 e. The molecule has 0 unspecified atom stereocenters. The van der Waals surface area contributed by atoms with Crippen molar-refractivity contribution in [3.05, 3.63) is 35.5 Å². The highest BCUT2D eigenvalue weighted by molar-refractivity contribution is 6.08. The van der Waals surface area contributed by atoms with Crippen molar-refractivity contribution in [2.75, 3.05) is 0 Å². The van der Waals surface area contributed by atoms with Crippen LogP contribution in [0, 0.1) is 0 Å². The number of H-pyrrole nitrogens is 1. The molecule has 4 rings (SSSR count). The molecule has 0 aliphatic carbocycles. The molecule has 1 N–H and O–H groups in total. The van der Waals surface area contributed by atoms with Crippen LogP contribution in [0.15, 0.2) is 24.3 Å². The van der Waals surface area contributed by atoms with Gasteiger partial charge in [0.1, 0.15) is 0 Å². The minimum atomic E-state index is -0.238. The van der Waals surface area contributed by atoms with E-state index in [0.717, 1.165) is 16.5 Å². The van der Waals surface area contributed by atoms with Crippen LogP contribution in [0.25, 0.3) is 10.9 Å². The summed E-state index contributed by atoms with van der Waals surface area (Å²) in [5.41, 5.74) is 2.65. The predicted octanol–water partition coefficient (Wildman–Crippen LogP) is 1.86. The van der Waals surface area contributed by atoms with E-state index in [4.69, 9.17) is 0 Å². The molecule has 0 saturated carbocycles. The number of ketones is 1. The Balaban J connectivity index is 1.96. The number of nitrogens with zero attached hydrogens (tertiary/aromatic N) is 1. The summed E-state index contributed by atoms with van der Waals surface area (Å²) in [4.78, 5) is 29.1. The maximum absolute atomic E-state index is 12.4. The lowest BCUT2D eigenvalue weighted by Crippen LogP contribution is -2.42. The Hall–Kier alpha value is -2.10. The number of hydrogen-bond acceptors (Lipinski definition) is 2. The third-order valence-electron chi connectivity index (χ3n) is 4.02. The zero-order chi connectivity index (χ0) is 12.3. The number of carbonyl (C=O) groups excluding carboxylic acids is 2. The van der Waals surface area contributed by atoms with Crippen molar-refractivity contribution in [2.24, 2.45) is 0 Å². The van der Waals surface area contributed by atoms with Crippen molar-refractivity contribution in [3.63, 3.8) is 0 Å². The number of Topliss-reactive ketones (excluding diaryl/α,β-unsaturated/α-hetero) is 1. The first-order chi connectivity index (χ1) is 8.75. The van der Waals surface area contributed by atoms with Gasteiger partial charge in [-0.1, -0.05) is 18.2 Å². The number of benzene rings is 1. The number of para-hydroxylation sites is 1. The van der Waals surface area contributed by atoms with Crippen molar-refractivity contribution < 1.29 is 9.59 Å². The Morgan fingerprint density at radius 3 is 2.94 bits per heavy atom. The Morgan fingerprint density at radius 2 is 2.06 bits per heavy atom. The quantitative estimate of drug-likeness (QED) is 0.764. The minimum absolute atomic E-state index is 0.0679. The first-order valence-corrected chi connectivity index (χ1v) is 6.19. The largest absolute Gasteiger partial charge is 0.352 e. The third kappa shape index (κ3) is 1.10. The van der Waals surface area contributed by atoms with Crippen LogP contribution in [0.1, 0.15) is 28.9 Å². The van der Waals surface area contributed by atoms with E-state index in [1.54, 1.807) is 4.90 Å². The SMILES string of the molecule is O=C1c2[nH]c3ccccc3c2CN2C(=O)CC[C@@H]12. The number of rotatable bonds is 0. The van der Waals surface area contributed by atoms with E-state index in [-0.39, 0.29) is 17.7 Å². The molecule has 3 heterocycles. The maximum Gasteiger partial charge on any atom is 0.223 e. The molecule has 0 bridgehead atoms. The van der Waals surface area contributed by atoms with Crippen LogP contribution < -0.4 is 0 Å². The van der Waals surface area contributed by atoms with Gasteiger partial charge in [0.25, 0.3) is 0 Å². The molecular formula is C14H12N2O2. The molecule has 0 radical (unpaired) electrons. The van der Waals surface area contributed by atoms with Gasteiger partial charge in [0.05, 0.1) is 11.7 Å². The predicted molar refractivity (Wildman–Crippen MR) is 66.2 cm³/mol. The first-order valence-electron chi connectivity index (χ1n) is 6.19. The van der Waals surface area contributed by atoms with Gasteiger partial charge in [-0.05, 0) is 12.5 Å². The summed E-state index contributed by atoms with van der Waals surface area (Å²) in [5.74, 6) is 0.169. The van der Waals surface area contributed by atoms with Crippen molar-refractivity contribution in [1.29, 1.82) is 0 Å². The van der Waals surface area contributed by atoms with E-state index in [2.05, 4.69) is 4.98 Å². The van der Waals surface area contributed by atoms with E-state index in [0.29, 0.717) is 25.1 Å². The summed E-state index contributed by atoms with van der Waals surface area (Å²) in [5, 5.41) is 1.05. The monoisotopic (exact) mass is 240 g/mol. The van der Waals surface area contributed by atoms with Crippen LogP contribution in [-0.4, -0.2) is 27.6 Å². The molecule has 1 atom stereocenters. The zero-order valence-corrected chi connectivity index (χ0v) is 9.77. The van der Waals surface area contributed by atoms with Crippen LogP contribution in [0.3, 0.4) is 0 Å². The molecule has 1 fully saturated rings. The van der Waals surface area contributed by atoms with Gasteiger partial charge in [0.2, 0.25) is 11.7 Å². The molecule has 1 amide bonds. The molecule has 18 heavy (non-hydrogen) atoms. The first kappa shape index (κ1) is 9.88. The topological polar surface area (TPSA) is 53.2 Å². The van der Waals surface area contributed by atoms with Gasteiger partial charge < -0.3 is 9.88 Å². The van der Waals surface area contributed by atoms with E-state index < -0.39 is 0 Å². The molecular weight excluding hydrogens is 228 g/mol. The van der Waals surface area contributed by atoms with Gasteiger partial charge in [0, 0.05) is 29.4 Å². The number of amides is 1. The second kappa shape index (κ2) is 3.22. The Kier molecular flexibility index (Phi) is 1.77. The fraction of sp³-hybridized carbons (Fsp3) is 0.286. The van der Waals surface area contributed by atoms with Gasteiger partial charge in [-0.2, -0.15) is 0 Å². The van der Waals surface area contributed by atoms with Crippen molar-refractivity contribution >= 4 is 22.6 Å². The normalized spacial score (nSPS) is 22.4. The average Bonchev–Trinajstić information content (AvgIpc) is 2.93. The lowest BCUT2D eigenvalue weighted by molar-refractivity contribution is -0.129. The molecule has 2 aromatic rings. The van der Waals surface area contributed by atoms with Crippen LogP contribution in [0.2, 0.25) is 0 Å². The number of aromatic amines is 1. The van der Waals surface area contributed by atoms with Crippen molar-refractivity contribution in [1.82, 2.24) is 9.88 Å². The fourth-order valence-corrected chi connectivity index (χ4v) is 3.12. The summed E-state index contributed by atoms with van der Waals surface area (Å²) in [7, 11) is 0. The van der Waals surface area contributed by atoms with Gasteiger partial charge in [-0.25, -0.2) is 0 Å². The summed E-state index contributed by atoms with van der Waals surface area (Å²) in [6.45, 7) is 0.564. The molecule has 1 aromatic carbocycles. The molecule has 90 valence electrons. The summed E-state index contributed by atoms with van der Waals surface area (Å²) in [6.07, 6.45) is 1.16. The van der Waals surface area contributed by atoms with E-state index in [1.807, 2.05) is 24.3 Å². The zero-order valence-electron chi connectivity index (χ0n) is 9.77. The van der Waals surface area contributed by atoms with Crippen molar-refractivity contribution in [3.8, 4) is 0 Å². The Labute approximate surface area is 104 Å². The number of aromatic nitrogens is 1. The molecule has 4 heteroatoms. The van der Waals surface area contributed by atoms with E-state index >= 15 is 0 Å². The lowest BCUT2D eigenvalue weighted by Gasteiger charge is -2.28. The minimum Gasteiger partial charge on any atom is -0.352 e. The molecule has 2 aliphatic rings. The second-order valence-electron chi connectivity index (χ2n) is 4.96. The third-order valence-corrected chi connectivity index (χ3v) is 4.02. The number of carbonyl (C=O) groups is 2. The lowest BCUT2D eigenvalue weighted by atomic mass is 9.98. The van der Waals surface area contributed by atoms with Gasteiger partial charge >= 0.3 is 0 Å². The van der Waals surface area contributed by atoms with E-state index in [9.17, 15) is 9.59 Å². The maximum atomic E-state index is 12.4. The highest BCUT2D eigenvalue weighted by atomic mass is 16.2. The van der Waals surface area contributed by atoms with Crippen LogP contribution in [0.4, 0.5) is 0 Å². The molecule has 2 aliphatic heterocycles. The summed E-state index contributed by atoms with van der Waals surface area (Å²) >= 11 is 0.